The van der Waals surface area contributed by atoms with Gasteiger partial charge in [-0.05, 0) is 36.2 Å². The van der Waals surface area contributed by atoms with Crippen molar-refractivity contribution >= 4 is 5.91 Å². The predicted octanol–water partition coefficient (Wildman–Crippen LogP) is 4.41. The molecule has 1 amide bonds. The molecule has 1 aliphatic heterocycles. The maximum Gasteiger partial charge on any atom is 0.416 e. The Hall–Kier alpha value is -3.00. The average Bonchev–Trinajstić information content (AvgIpc) is 2.78. The van der Waals surface area contributed by atoms with Crippen molar-refractivity contribution in [3.63, 3.8) is 0 Å². The highest BCUT2D eigenvalue weighted by atomic mass is 19.4. The van der Waals surface area contributed by atoms with E-state index in [1.54, 1.807) is 30.2 Å². The summed E-state index contributed by atoms with van der Waals surface area (Å²) in [4.78, 5) is 17.0. The normalized spacial score (nSPS) is 14.8. The summed E-state index contributed by atoms with van der Waals surface area (Å²) in [5.74, 6) is 0.992. The second-order valence-corrected chi connectivity index (χ2v) is 7.63. The first kappa shape index (κ1) is 23.7. The summed E-state index contributed by atoms with van der Waals surface area (Å²) in [5, 5.41) is 0. The number of ether oxygens (including phenoxy) is 2. The maximum atomic E-state index is 13.1. The predicted molar refractivity (Wildman–Crippen MR) is 116 cm³/mol. The van der Waals surface area contributed by atoms with Crippen molar-refractivity contribution in [2.24, 2.45) is 0 Å². The number of halogens is 3. The van der Waals surface area contributed by atoms with Gasteiger partial charge in [0.15, 0.2) is 11.5 Å². The van der Waals surface area contributed by atoms with Crippen LogP contribution in [0.1, 0.15) is 27.0 Å². The molecule has 0 N–H and O–H groups in total. The van der Waals surface area contributed by atoms with E-state index in [9.17, 15) is 18.0 Å². The van der Waals surface area contributed by atoms with Crippen molar-refractivity contribution in [3.05, 3.63) is 71.3 Å². The first-order valence-electron chi connectivity index (χ1n) is 10.3. The van der Waals surface area contributed by atoms with Crippen LogP contribution in [0.2, 0.25) is 0 Å². The molecule has 2 aromatic rings. The van der Waals surface area contributed by atoms with E-state index >= 15 is 0 Å². The van der Waals surface area contributed by atoms with Crippen molar-refractivity contribution in [1.82, 2.24) is 9.80 Å². The van der Waals surface area contributed by atoms with Crippen LogP contribution in [0.15, 0.2) is 49.1 Å². The fourth-order valence-electron chi connectivity index (χ4n) is 3.82. The minimum Gasteiger partial charge on any atom is -0.493 e. The summed E-state index contributed by atoms with van der Waals surface area (Å²) in [7, 11) is 3.09. The van der Waals surface area contributed by atoms with Gasteiger partial charge in [0.2, 0.25) is 0 Å². The maximum absolute atomic E-state index is 13.1. The SMILES string of the molecule is C=CCc1cc(C(=O)N2CCN(Cc3ccc(C(F)(F)F)cc3)CC2)cc(OC)c1OC. The molecule has 0 spiro atoms. The third-order valence-electron chi connectivity index (χ3n) is 5.51. The molecule has 1 heterocycles. The molecule has 0 atom stereocenters. The van der Waals surface area contributed by atoms with E-state index in [1.165, 1.54) is 19.2 Å². The van der Waals surface area contributed by atoms with Gasteiger partial charge >= 0.3 is 6.18 Å². The van der Waals surface area contributed by atoms with Crippen LogP contribution in [0.25, 0.3) is 0 Å². The third kappa shape index (κ3) is 5.43. The van der Waals surface area contributed by atoms with Crippen LogP contribution in [-0.2, 0) is 19.1 Å². The molecule has 5 nitrogen and oxygen atoms in total. The number of piperazine rings is 1. The first-order valence-corrected chi connectivity index (χ1v) is 10.3. The zero-order valence-electron chi connectivity index (χ0n) is 18.2. The number of rotatable bonds is 7. The van der Waals surface area contributed by atoms with E-state index < -0.39 is 11.7 Å². The van der Waals surface area contributed by atoms with Gasteiger partial charge in [-0.2, -0.15) is 13.2 Å². The molecule has 0 bridgehead atoms. The third-order valence-corrected chi connectivity index (χ3v) is 5.51. The van der Waals surface area contributed by atoms with Gasteiger partial charge < -0.3 is 14.4 Å². The minimum absolute atomic E-state index is 0.0922. The molecule has 0 aliphatic carbocycles. The van der Waals surface area contributed by atoms with Gasteiger partial charge in [-0.25, -0.2) is 0 Å². The van der Waals surface area contributed by atoms with Crippen molar-refractivity contribution in [3.8, 4) is 11.5 Å². The lowest BCUT2D eigenvalue weighted by Crippen LogP contribution is -2.48. The fraction of sp³-hybridized carbons (Fsp3) is 0.375. The molecule has 0 saturated carbocycles. The van der Waals surface area contributed by atoms with Gasteiger partial charge in [0.25, 0.3) is 5.91 Å². The Kier molecular flexibility index (Phi) is 7.45. The lowest BCUT2D eigenvalue weighted by molar-refractivity contribution is -0.137. The zero-order chi connectivity index (χ0) is 23.3. The number of hydrogen-bond donors (Lipinski definition) is 0. The Labute approximate surface area is 186 Å². The number of methoxy groups -OCH3 is 2. The van der Waals surface area contributed by atoms with Crippen molar-refractivity contribution in [2.45, 2.75) is 19.1 Å². The Morgan fingerprint density at radius 3 is 2.25 bits per heavy atom. The van der Waals surface area contributed by atoms with Crippen LogP contribution in [0.5, 0.6) is 11.5 Å². The first-order chi connectivity index (χ1) is 15.3. The Morgan fingerprint density at radius 1 is 1.06 bits per heavy atom. The van der Waals surface area contributed by atoms with Crippen LogP contribution in [0.3, 0.4) is 0 Å². The van der Waals surface area contributed by atoms with E-state index in [-0.39, 0.29) is 5.91 Å². The molecule has 8 heteroatoms. The van der Waals surface area contributed by atoms with Crippen molar-refractivity contribution in [1.29, 1.82) is 0 Å². The second-order valence-electron chi connectivity index (χ2n) is 7.63. The molecule has 1 aliphatic rings. The van der Waals surface area contributed by atoms with Crippen LogP contribution in [0.4, 0.5) is 13.2 Å². The van der Waals surface area contributed by atoms with Gasteiger partial charge in [0.05, 0.1) is 19.8 Å². The highest BCUT2D eigenvalue weighted by Gasteiger charge is 2.30. The number of allylic oxidation sites excluding steroid dienone is 1. The highest BCUT2D eigenvalue weighted by molar-refractivity contribution is 5.95. The van der Waals surface area contributed by atoms with Crippen molar-refractivity contribution in [2.75, 3.05) is 40.4 Å². The number of carbonyl (C=O) groups excluding carboxylic acids is 1. The summed E-state index contributed by atoms with van der Waals surface area (Å²) >= 11 is 0. The number of amides is 1. The smallest absolute Gasteiger partial charge is 0.416 e. The summed E-state index contributed by atoms with van der Waals surface area (Å²) in [6.07, 6.45) is -2.05. The molecule has 2 aromatic carbocycles. The molecule has 172 valence electrons. The number of alkyl halides is 3. The van der Waals surface area contributed by atoms with Gasteiger partial charge in [-0.3, -0.25) is 9.69 Å². The molecule has 0 radical (unpaired) electrons. The van der Waals surface area contributed by atoms with E-state index in [4.69, 9.17) is 9.47 Å². The number of hydrogen-bond acceptors (Lipinski definition) is 4. The Bertz CT molecular complexity index is 950. The topological polar surface area (TPSA) is 42.0 Å². The quantitative estimate of drug-likeness (QED) is 0.589. The number of benzene rings is 2. The average molecular weight is 448 g/mol. The fourth-order valence-corrected chi connectivity index (χ4v) is 3.82. The molecular weight excluding hydrogens is 421 g/mol. The Morgan fingerprint density at radius 2 is 1.72 bits per heavy atom. The molecular formula is C24H27F3N2O3. The molecule has 0 unspecified atom stereocenters. The van der Waals surface area contributed by atoms with E-state index in [0.29, 0.717) is 56.2 Å². The number of carbonyl (C=O) groups is 1. The van der Waals surface area contributed by atoms with Gasteiger partial charge in [0, 0.05) is 43.9 Å². The molecule has 3 rings (SSSR count). The van der Waals surface area contributed by atoms with Gasteiger partial charge in [-0.1, -0.05) is 18.2 Å². The standard InChI is InChI=1S/C24H27F3N2O3/c1-4-5-18-14-19(15-21(31-2)22(18)32-3)23(30)29-12-10-28(11-13-29)16-17-6-8-20(9-7-17)24(25,26)27/h4,6-9,14-15H,1,5,10-13,16H2,2-3H3. The van der Waals surface area contributed by atoms with Crippen LogP contribution in [0, 0.1) is 0 Å². The Balaban J connectivity index is 1.64. The van der Waals surface area contributed by atoms with Gasteiger partial charge in [-0.15, -0.1) is 6.58 Å². The monoisotopic (exact) mass is 448 g/mol. The lowest BCUT2D eigenvalue weighted by Gasteiger charge is -2.35. The largest absolute Gasteiger partial charge is 0.493 e. The second kappa shape index (κ2) is 10.1. The molecule has 0 aromatic heterocycles. The molecule has 32 heavy (non-hydrogen) atoms. The number of nitrogens with zero attached hydrogens (tertiary/aromatic N) is 2. The summed E-state index contributed by atoms with van der Waals surface area (Å²) in [6.45, 7) is 6.64. The lowest BCUT2D eigenvalue weighted by atomic mass is 10.0. The van der Waals surface area contributed by atoms with Crippen LogP contribution < -0.4 is 9.47 Å². The van der Waals surface area contributed by atoms with Crippen LogP contribution in [-0.4, -0.2) is 56.1 Å². The highest BCUT2D eigenvalue weighted by Crippen LogP contribution is 2.34. The summed E-state index contributed by atoms with van der Waals surface area (Å²) in [5.41, 5.74) is 1.51. The van der Waals surface area contributed by atoms with Crippen molar-refractivity contribution < 1.29 is 27.4 Å². The molecule has 1 saturated heterocycles. The van der Waals surface area contributed by atoms with Crippen LogP contribution >= 0.6 is 0 Å². The molecule has 1 fully saturated rings. The van der Waals surface area contributed by atoms with E-state index in [0.717, 1.165) is 23.3 Å². The zero-order valence-corrected chi connectivity index (χ0v) is 18.2. The van der Waals surface area contributed by atoms with E-state index in [1.807, 2.05) is 0 Å². The van der Waals surface area contributed by atoms with E-state index in [2.05, 4.69) is 11.5 Å². The summed E-state index contributed by atoms with van der Waals surface area (Å²) in [6, 6.07) is 8.71. The summed E-state index contributed by atoms with van der Waals surface area (Å²) < 4.78 is 49.0. The van der Waals surface area contributed by atoms with Gasteiger partial charge in [0.1, 0.15) is 0 Å². The minimum atomic E-state index is -4.33.